The van der Waals surface area contributed by atoms with Crippen molar-refractivity contribution in [3.05, 3.63) is 128 Å². The molecule has 0 atom stereocenters. The molecule has 0 aromatic heterocycles. The highest BCUT2D eigenvalue weighted by Crippen LogP contribution is 2.26. The van der Waals surface area contributed by atoms with Crippen molar-refractivity contribution in [2.24, 2.45) is 0 Å². The summed E-state index contributed by atoms with van der Waals surface area (Å²) >= 11 is 0. The number of carbonyl (C=O) groups is 4. The van der Waals surface area contributed by atoms with Gasteiger partial charge in [-0.05, 0) is 97.1 Å². The lowest BCUT2D eigenvalue weighted by Gasteiger charge is -2.09. The molecule has 49 heavy (non-hydrogen) atoms. The molecule has 0 fully saturated rings. The Morgan fingerprint density at radius 3 is 1.47 bits per heavy atom. The molecule has 13 nitrogen and oxygen atoms in total. The molecule has 0 radical (unpaired) electrons. The molecule has 4 rings (SSSR count). The van der Waals surface area contributed by atoms with E-state index in [4.69, 9.17) is 42.9 Å². The second-order valence-corrected chi connectivity index (χ2v) is 9.42. The highest BCUT2D eigenvalue weighted by molar-refractivity contribution is 5.91. The van der Waals surface area contributed by atoms with E-state index >= 15 is 0 Å². The van der Waals surface area contributed by atoms with Gasteiger partial charge >= 0.3 is 23.9 Å². The molecule has 0 bridgehead atoms. The van der Waals surface area contributed by atoms with Crippen LogP contribution in [-0.2, 0) is 28.7 Å². The average molecular weight is 671 g/mol. The van der Waals surface area contributed by atoms with Gasteiger partial charge in [-0.3, -0.25) is 4.79 Å². The number of benzene rings is 4. The molecule has 0 saturated carbocycles. The minimum absolute atomic E-state index is 0.0798. The lowest BCUT2D eigenvalue weighted by molar-refractivity contribution is -0.208. The molecule has 0 aliphatic rings. The molecule has 0 aliphatic heterocycles. The van der Waals surface area contributed by atoms with Crippen molar-refractivity contribution in [1.29, 1.82) is 0 Å². The summed E-state index contributed by atoms with van der Waals surface area (Å²) in [6.45, 7) is 5.98. The Morgan fingerprint density at radius 2 is 0.959 bits per heavy atom. The van der Waals surface area contributed by atoms with Gasteiger partial charge in [0, 0.05) is 12.2 Å². The molecule has 0 N–H and O–H groups in total. The maximum absolute atomic E-state index is 12.4. The van der Waals surface area contributed by atoms with Gasteiger partial charge in [0.25, 0.3) is 0 Å². The monoisotopic (exact) mass is 670 g/mol. The molecule has 0 amide bonds. The third-order valence-corrected chi connectivity index (χ3v) is 5.97. The first-order valence-corrected chi connectivity index (χ1v) is 14.5. The van der Waals surface area contributed by atoms with Crippen molar-refractivity contribution in [2.45, 2.75) is 6.42 Å². The van der Waals surface area contributed by atoms with Crippen LogP contribution in [0.2, 0.25) is 0 Å². The fraction of sp³-hybridized carbons (Fsp3) is 0.111. The summed E-state index contributed by atoms with van der Waals surface area (Å²) in [5.41, 5.74) is 0.274. The van der Waals surface area contributed by atoms with Crippen LogP contribution in [0.5, 0.6) is 40.2 Å². The maximum atomic E-state index is 12.4. The first-order chi connectivity index (χ1) is 23.8. The zero-order chi connectivity index (χ0) is 34.8. The Morgan fingerprint density at radius 1 is 0.531 bits per heavy atom. The van der Waals surface area contributed by atoms with E-state index < -0.39 is 23.9 Å². The molecule has 252 valence electrons. The number of esters is 4. The average Bonchev–Trinajstić information content (AvgIpc) is 3.12. The number of carbonyl (C=O) groups excluding carboxylic acids is 4. The van der Waals surface area contributed by atoms with E-state index in [9.17, 15) is 19.2 Å². The normalized spacial score (nSPS) is 10.1. The largest absolute Gasteiger partial charge is 0.457 e. The van der Waals surface area contributed by atoms with E-state index in [0.29, 0.717) is 34.5 Å². The van der Waals surface area contributed by atoms with Crippen molar-refractivity contribution in [3.8, 4) is 40.2 Å². The molecular weight excluding hydrogens is 640 g/mol. The number of rotatable bonds is 18. The topological polar surface area (TPSA) is 151 Å². The quantitative estimate of drug-likeness (QED) is 0.0227. The summed E-state index contributed by atoms with van der Waals surface area (Å²) in [6.07, 6.45) is 1.98. The van der Waals surface area contributed by atoms with Gasteiger partial charge in [0.1, 0.15) is 41.1 Å². The summed E-state index contributed by atoms with van der Waals surface area (Å²) in [5, 5.41) is 0. The first-order valence-electron chi connectivity index (χ1n) is 14.5. The van der Waals surface area contributed by atoms with E-state index in [0.717, 1.165) is 12.2 Å². The van der Waals surface area contributed by atoms with Crippen LogP contribution in [0.1, 0.15) is 16.8 Å². The summed E-state index contributed by atoms with van der Waals surface area (Å²) in [4.78, 5) is 57.0. The highest BCUT2D eigenvalue weighted by Gasteiger charge is 2.11. The third-order valence-electron chi connectivity index (χ3n) is 5.97. The molecule has 4 aromatic carbocycles. The van der Waals surface area contributed by atoms with E-state index in [2.05, 4.69) is 13.2 Å². The SMILES string of the molecule is C=CC(=O)OCOc1ccc(Oc2ccc(OC(=O)CCOOc3ccc(OC(=O)c4ccc(OCOC(=O)C=C)cc4)cc3)cc2)cc1. The van der Waals surface area contributed by atoms with E-state index in [1.807, 2.05) is 0 Å². The van der Waals surface area contributed by atoms with E-state index in [1.165, 1.54) is 48.5 Å². The zero-order valence-electron chi connectivity index (χ0n) is 25.9. The molecule has 0 spiro atoms. The standard InChI is InChI=1S/C36H30O13/c1-3-33(37)43-23-41-26-7-5-25(6-8-26)36(40)48-31-17-19-32(20-18-31)49-45-22-21-35(39)47-30-15-13-29(14-16-30)46-28-11-9-27(10-12-28)42-24-44-34(38)4-2/h3-20H,1-2,21-24H2. The van der Waals surface area contributed by atoms with E-state index in [1.54, 1.807) is 48.5 Å². The second kappa shape index (κ2) is 18.5. The molecule has 0 aliphatic carbocycles. The van der Waals surface area contributed by atoms with Crippen LogP contribution in [-0.4, -0.2) is 44.1 Å². The van der Waals surface area contributed by atoms with Crippen LogP contribution in [0.15, 0.2) is 122 Å². The molecular formula is C36H30O13. The van der Waals surface area contributed by atoms with Crippen molar-refractivity contribution in [2.75, 3.05) is 20.2 Å². The Balaban J connectivity index is 1.11. The second-order valence-electron chi connectivity index (χ2n) is 9.42. The van der Waals surface area contributed by atoms with Gasteiger partial charge in [0.05, 0.1) is 12.0 Å². The predicted octanol–water partition coefficient (Wildman–Crippen LogP) is 6.14. The minimum atomic E-state index is -0.614. The molecule has 0 unspecified atom stereocenters. The van der Waals surface area contributed by atoms with Crippen molar-refractivity contribution < 1.29 is 62.1 Å². The number of hydrogen-bond acceptors (Lipinski definition) is 13. The Labute approximate surface area is 280 Å². The van der Waals surface area contributed by atoms with Gasteiger partial charge in [-0.25, -0.2) is 14.4 Å². The van der Waals surface area contributed by atoms with E-state index in [-0.39, 0.29) is 37.9 Å². The Bertz CT molecular complexity index is 1710. The first kappa shape index (κ1) is 35.3. The number of ether oxygens (including phenoxy) is 7. The Hall–Kier alpha value is -6.60. The molecule has 0 heterocycles. The predicted molar refractivity (Wildman–Crippen MR) is 171 cm³/mol. The maximum Gasteiger partial charge on any atom is 0.343 e. The fourth-order valence-electron chi connectivity index (χ4n) is 3.58. The number of hydrogen-bond donors (Lipinski definition) is 0. The van der Waals surface area contributed by atoms with Gasteiger partial charge < -0.3 is 38.0 Å². The van der Waals surface area contributed by atoms with Crippen LogP contribution in [0.3, 0.4) is 0 Å². The van der Waals surface area contributed by atoms with Crippen molar-refractivity contribution >= 4 is 23.9 Å². The summed E-state index contributed by atoms with van der Waals surface area (Å²) in [7, 11) is 0. The molecule has 4 aromatic rings. The van der Waals surface area contributed by atoms with Gasteiger partial charge in [-0.15, -0.1) is 0 Å². The van der Waals surface area contributed by atoms with Crippen LogP contribution in [0.4, 0.5) is 0 Å². The van der Waals surface area contributed by atoms with Crippen LogP contribution < -0.4 is 28.6 Å². The minimum Gasteiger partial charge on any atom is -0.457 e. The van der Waals surface area contributed by atoms with Gasteiger partial charge in [-0.2, -0.15) is 4.89 Å². The van der Waals surface area contributed by atoms with Crippen LogP contribution >= 0.6 is 0 Å². The summed E-state index contributed by atoms with van der Waals surface area (Å²) in [6, 6.07) is 25.3. The fourth-order valence-corrected chi connectivity index (χ4v) is 3.58. The summed E-state index contributed by atoms with van der Waals surface area (Å²) in [5.74, 6) is 0.492. The smallest absolute Gasteiger partial charge is 0.343 e. The summed E-state index contributed by atoms with van der Waals surface area (Å²) < 4.78 is 36.5. The van der Waals surface area contributed by atoms with Gasteiger partial charge in [0.15, 0.2) is 5.75 Å². The molecule has 13 heteroatoms. The zero-order valence-corrected chi connectivity index (χ0v) is 25.9. The van der Waals surface area contributed by atoms with Crippen LogP contribution in [0, 0.1) is 0 Å². The molecule has 0 saturated heterocycles. The van der Waals surface area contributed by atoms with Gasteiger partial charge in [0.2, 0.25) is 13.6 Å². The lowest BCUT2D eigenvalue weighted by atomic mass is 10.2. The van der Waals surface area contributed by atoms with Crippen LogP contribution in [0.25, 0.3) is 0 Å². The Kier molecular flexibility index (Phi) is 13.3. The van der Waals surface area contributed by atoms with Crippen molar-refractivity contribution in [3.63, 3.8) is 0 Å². The van der Waals surface area contributed by atoms with Crippen molar-refractivity contribution in [1.82, 2.24) is 0 Å². The third kappa shape index (κ3) is 12.3. The van der Waals surface area contributed by atoms with Gasteiger partial charge in [-0.1, -0.05) is 13.2 Å². The lowest BCUT2D eigenvalue weighted by Crippen LogP contribution is -2.12. The highest BCUT2D eigenvalue weighted by atomic mass is 17.2.